The number of ether oxygens (including phenoxy) is 1. The number of hydrogen-bond acceptors (Lipinski definition) is 3. The van der Waals surface area contributed by atoms with Crippen molar-refractivity contribution in [3.8, 4) is 28.3 Å². The van der Waals surface area contributed by atoms with Crippen molar-refractivity contribution in [2.75, 3.05) is 20.2 Å². The number of carbonyl (C=O) groups is 1. The summed E-state index contributed by atoms with van der Waals surface area (Å²) >= 11 is 0. The fraction of sp³-hybridized carbons (Fsp3) is 0.429. The third kappa shape index (κ3) is 3.64. The van der Waals surface area contributed by atoms with Crippen LogP contribution >= 0.6 is 0 Å². The highest BCUT2D eigenvalue weighted by Gasteiger charge is 2.33. The first kappa shape index (κ1) is 20.5. The van der Waals surface area contributed by atoms with Gasteiger partial charge in [0.05, 0.1) is 18.5 Å². The molecule has 170 valence electrons. The molecule has 33 heavy (non-hydrogen) atoms. The highest BCUT2D eigenvalue weighted by molar-refractivity contribution is 5.95. The van der Waals surface area contributed by atoms with Gasteiger partial charge in [0, 0.05) is 35.3 Å². The Morgan fingerprint density at radius 3 is 2.67 bits per heavy atom. The van der Waals surface area contributed by atoms with E-state index in [1.807, 2.05) is 18.2 Å². The Kier molecular flexibility index (Phi) is 5.20. The molecule has 5 nitrogen and oxygen atoms in total. The van der Waals surface area contributed by atoms with Crippen LogP contribution in [0.5, 0.6) is 5.75 Å². The maximum atomic E-state index is 13.2. The normalized spacial score (nSPS) is 21.7. The lowest BCUT2D eigenvalue weighted by Gasteiger charge is -2.41. The molecule has 2 atom stereocenters. The third-order valence-electron chi connectivity index (χ3n) is 8.08. The van der Waals surface area contributed by atoms with Crippen LogP contribution < -0.4 is 4.74 Å². The number of methoxy groups -OCH3 is 1. The first-order chi connectivity index (χ1) is 16.2. The van der Waals surface area contributed by atoms with Crippen LogP contribution in [0.1, 0.15) is 53.6 Å². The molecule has 2 fully saturated rings. The van der Waals surface area contributed by atoms with Crippen LogP contribution in [0.2, 0.25) is 0 Å². The molecular weight excluding hydrogens is 410 g/mol. The molecule has 0 spiro atoms. The number of fused-ring (bicyclic) bond motifs is 4. The Hall–Kier alpha value is -3.08. The molecule has 1 saturated heterocycles. The SMILES string of the molecule is COc1ccc2c(c1)CCc1c(-c3ccc(C(=O)N4CCC5CCCCC5C4)cc3)n[nH]c1-2. The molecule has 1 saturated carbocycles. The molecule has 6 rings (SSSR count). The zero-order valence-corrected chi connectivity index (χ0v) is 19.3. The van der Waals surface area contributed by atoms with E-state index in [-0.39, 0.29) is 5.91 Å². The fourth-order valence-corrected chi connectivity index (χ4v) is 6.22. The zero-order chi connectivity index (χ0) is 22.4. The lowest BCUT2D eigenvalue weighted by atomic mass is 9.75. The Balaban J connectivity index is 1.22. The molecule has 0 radical (unpaired) electrons. The first-order valence-corrected chi connectivity index (χ1v) is 12.4. The minimum atomic E-state index is 0.178. The summed E-state index contributed by atoms with van der Waals surface area (Å²) in [6.07, 6.45) is 8.41. The number of piperidine rings is 1. The lowest BCUT2D eigenvalue weighted by Crippen LogP contribution is -2.44. The summed E-state index contributed by atoms with van der Waals surface area (Å²) in [5, 5.41) is 7.94. The summed E-state index contributed by atoms with van der Waals surface area (Å²) in [6, 6.07) is 14.3. The van der Waals surface area contributed by atoms with Crippen molar-refractivity contribution in [3.05, 3.63) is 59.2 Å². The zero-order valence-electron chi connectivity index (χ0n) is 19.3. The summed E-state index contributed by atoms with van der Waals surface area (Å²) in [5.41, 5.74) is 7.69. The standard InChI is InChI=1S/C28H31N3O2/c1-33-23-11-13-24-21(16-23)10-12-25-26(29-30-27(24)25)19-6-8-20(9-7-19)28(32)31-15-14-18-4-2-3-5-22(18)17-31/h6-9,11,13,16,18,22H,2-5,10,12,14-15,17H2,1H3,(H,29,30). The average Bonchev–Trinajstić information content (AvgIpc) is 3.32. The summed E-state index contributed by atoms with van der Waals surface area (Å²) in [6.45, 7) is 1.83. The average molecular weight is 442 g/mol. The Bertz CT molecular complexity index is 1180. The van der Waals surface area contributed by atoms with Gasteiger partial charge in [0.15, 0.2) is 0 Å². The van der Waals surface area contributed by atoms with Crippen LogP contribution in [0.3, 0.4) is 0 Å². The van der Waals surface area contributed by atoms with Gasteiger partial charge in [0.25, 0.3) is 5.91 Å². The summed E-state index contributed by atoms with van der Waals surface area (Å²) in [4.78, 5) is 15.3. The van der Waals surface area contributed by atoms with Crippen molar-refractivity contribution >= 4 is 5.91 Å². The number of aryl methyl sites for hydroxylation is 1. The van der Waals surface area contributed by atoms with E-state index >= 15 is 0 Å². The number of nitrogens with zero attached hydrogens (tertiary/aromatic N) is 2. The molecule has 3 aromatic rings. The molecule has 1 aromatic heterocycles. The van der Waals surface area contributed by atoms with Crippen molar-refractivity contribution in [2.45, 2.75) is 44.9 Å². The van der Waals surface area contributed by atoms with Crippen molar-refractivity contribution < 1.29 is 9.53 Å². The molecule has 1 amide bonds. The molecular formula is C28H31N3O2. The van der Waals surface area contributed by atoms with E-state index < -0.39 is 0 Å². The van der Waals surface area contributed by atoms with Crippen LogP contribution in [-0.4, -0.2) is 41.2 Å². The number of H-pyrrole nitrogens is 1. The smallest absolute Gasteiger partial charge is 0.253 e. The second kappa shape index (κ2) is 8.36. The number of carbonyl (C=O) groups excluding carboxylic acids is 1. The highest BCUT2D eigenvalue weighted by atomic mass is 16.5. The van der Waals surface area contributed by atoms with E-state index in [0.717, 1.165) is 60.1 Å². The van der Waals surface area contributed by atoms with E-state index in [0.29, 0.717) is 5.92 Å². The second-order valence-corrected chi connectivity index (χ2v) is 9.87. The van der Waals surface area contributed by atoms with Gasteiger partial charge in [-0.05, 0) is 73.4 Å². The minimum Gasteiger partial charge on any atom is -0.497 e. The number of benzene rings is 2. The third-order valence-corrected chi connectivity index (χ3v) is 8.08. The van der Waals surface area contributed by atoms with Gasteiger partial charge in [-0.3, -0.25) is 9.89 Å². The van der Waals surface area contributed by atoms with Gasteiger partial charge in [-0.2, -0.15) is 5.10 Å². The summed E-state index contributed by atoms with van der Waals surface area (Å²) in [5.74, 6) is 2.61. The Morgan fingerprint density at radius 2 is 1.85 bits per heavy atom. The number of nitrogens with one attached hydrogen (secondary N) is 1. The van der Waals surface area contributed by atoms with Gasteiger partial charge >= 0.3 is 0 Å². The quantitative estimate of drug-likeness (QED) is 0.584. The summed E-state index contributed by atoms with van der Waals surface area (Å²) in [7, 11) is 1.71. The second-order valence-electron chi connectivity index (χ2n) is 9.87. The van der Waals surface area contributed by atoms with E-state index in [1.54, 1.807) is 7.11 Å². The van der Waals surface area contributed by atoms with Gasteiger partial charge in [-0.1, -0.05) is 31.4 Å². The Labute approximate surface area is 195 Å². The number of amides is 1. The Morgan fingerprint density at radius 1 is 1.03 bits per heavy atom. The van der Waals surface area contributed by atoms with Crippen molar-refractivity contribution in [1.82, 2.24) is 15.1 Å². The van der Waals surface area contributed by atoms with Crippen LogP contribution in [0.25, 0.3) is 22.5 Å². The van der Waals surface area contributed by atoms with Gasteiger partial charge in [-0.25, -0.2) is 0 Å². The molecule has 2 aliphatic carbocycles. The maximum absolute atomic E-state index is 13.2. The van der Waals surface area contributed by atoms with Crippen molar-refractivity contribution in [1.29, 1.82) is 0 Å². The summed E-state index contributed by atoms with van der Waals surface area (Å²) < 4.78 is 5.39. The monoisotopic (exact) mass is 441 g/mol. The van der Waals surface area contributed by atoms with E-state index in [9.17, 15) is 4.79 Å². The number of hydrogen-bond donors (Lipinski definition) is 1. The topological polar surface area (TPSA) is 58.2 Å². The van der Waals surface area contributed by atoms with E-state index in [4.69, 9.17) is 4.74 Å². The maximum Gasteiger partial charge on any atom is 0.253 e. The molecule has 2 aromatic carbocycles. The van der Waals surface area contributed by atoms with E-state index in [2.05, 4.69) is 39.4 Å². The van der Waals surface area contributed by atoms with Crippen LogP contribution in [0.15, 0.2) is 42.5 Å². The van der Waals surface area contributed by atoms with Gasteiger partial charge < -0.3 is 9.64 Å². The lowest BCUT2D eigenvalue weighted by molar-refractivity contribution is 0.0521. The minimum absolute atomic E-state index is 0.178. The number of likely N-dealkylation sites (tertiary alicyclic amines) is 1. The van der Waals surface area contributed by atoms with Crippen LogP contribution in [0, 0.1) is 11.8 Å². The van der Waals surface area contributed by atoms with Gasteiger partial charge in [0.2, 0.25) is 0 Å². The van der Waals surface area contributed by atoms with Gasteiger partial charge in [-0.15, -0.1) is 0 Å². The molecule has 0 bridgehead atoms. The van der Waals surface area contributed by atoms with Crippen LogP contribution in [0.4, 0.5) is 0 Å². The van der Waals surface area contributed by atoms with E-state index in [1.165, 1.54) is 48.8 Å². The van der Waals surface area contributed by atoms with Gasteiger partial charge in [0.1, 0.15) is 5.75 Å². The van der Waals surface area contributed by atoms with Crippen molar-refractivity contribution in [3.63, 3.8) is 0 Å². The van der Waals surface area contributed by atoms with Crippen LogP contribution in [-0.2, 0) is 12.8 Å². The molecule has 3 aliphatic rings. The van der Waals surface area contributed by atoms with Crippen molar-refractivity contribution in [2.24, 2.45) is 11.8 Å². The predicted molar refractivity (Wildman–Crippen MR) is 129 cm³/mol. The molecule has 1 N–H and O–H groups in total. The fourth-order valence-electron chi connectivity index (χ4n) is 6.22. The molecule has 5 heteroatoms. The predicted octanol–water partition coefficient (Wildman–Crippen LogP) is 5.50. The molecule has 2 unspecified atom stereocenters. The number of aromatic nitrogens is 2. The first-order valence-electron chi connectivity index (χ1n) is 12.4. The number of rotatable bonds is 3. The highest BCUT2D eigenvalue weighted by Crippen LogP contribution is 2.39. The number of aromatic amines is 1. The molecule has 2 heterocycles. The molecule has 1 aliphatic heterocycles. The largest absolute Gasteiger partial charge is 0.497 e.